The number of halogens is 1. The molecule has 0 spiro atoms. The first kappa shape index (κ1) is 23.1. The molecular formula is C24H23ClN2O5S. The molecule has 1 heterocycles. The lowest BCUT2D eigenvalue weighted by Crippen LogP contribution is -2.16. The van der Waals surface area contributed by atoms with Gasteiger partial charge >= 0.3 is 0 Å². The van der Waals surface area contributed by atoms with Gasteiger partial charge in [0, 0.05) is 34.6 Å². The van der Waals surface area contributed by atoms with Gasteiger partial charge < -0.3 is 14.8 Å². The summed E-state index contributed by atoms with van der Waals surface area (Å²) in [5.74, 6) is 0.277. The van der Waals surface area contributed by atoms with Crippen molar-refractivity contribution in [1.82, 2.24) is 0 Å². The number of ether oxygens (including phenoxy) is 2. The lowest BCUT2D eigenvalue weighted by Gasteiger charge is -2.13. The molecule has 1 saturated heterocycles. The smallest absolute Gasteiger partial charge is 0.261 e. The molecule has 2 N–H and O–H groups in total. The maximum absolute atomic E-state index is 12.6. The number of nitrogens with one attached hydrogen (secondary N) is 2. The van der Waals surface area contributed by atoms with Gasteiger partial charge in [0.15, 0.2) is 0 Å². The van der Waals surface area contributed by atoms with E-state index in [-0.39, 0.29) is 16.9 Å². The van der Waals surface area contributed by atoms with Crippen molar-refractivity contribution in [3.63, 3.8) is 0 Å². The monoisotopic (exact) mass is 486 g/mol. The summed E-state index contributed by atoms with van der Waals surface area (Å²) in [5, 5.41) is 3.31. The highest BCUT2D eigenvalue weighted by atomic mass is 35.5. The van der Waals surface area contributed by atoms with Gasteiger partial charge in [-0.2, -0.15) is 0 Å². The number of carbonyl (C=O) groups is 1. The average Bonchev–Trinajstić information content (AvgIpc) is 3.33. The van der Waals surface area contributed by atoms with Crippen molar-refractivity contribution in [2.24, 2.45) is 0 Å². The molecule has 3 aromatic rings. The fourth-order valence-electron chi connectivity index (χ4n) is 3.35. The van der Waals surface area contributed by atoms with Crippen LogP contribution >= 0.6 is 11.6 Å². The molecule has 0 aromatic heterocycles. The second-order valence-electron chi connectivity index (χ2n) is 7.56. The van der Waals surface area contributed by atoms with Crippen molar-refractivity contribution >= 4 is 38.9 Å². The first-order valence-electron chi connectivity index (χ1n) is 10.4. The van der Waals surface area contributed by atoms with Gasteiger partial charge in [-0.1, -0.05) is 17.7 Å². The summed E-state index contributed by atoms with van der Waals surface area (Å²) >= 11 is 5.83. The van der Waals surface area contributed by atoms with Gasteiger partial charge in [-0.3, -0.25) is 9.52 Å². The summed E-state index contributed by atoms with van der Waals surface area (Å²) < 4.78 is 39.0. The fourth-order valence-corrected chi connectivity index (χ4v) is 4.53. The standard InChI is InChI=1S/C24H23ClN2O5S/c25-18-8-10-19(11-9-18)27-33(29,30)23-12-6-17(7-13-23)24(28)26-20-3-1-4-21(15-20)32-16-22-5-2-14-31-22/h1,3-4,6-13,15,22,27H,2,5,14,16H2,(H,26,28). The molecule has 0 saturated carbocycles. The van der Waals surface area contributed by atoms with Gasteiger partial charge in [0.1, 0.15) is 12.4 Å². The van der Waals surface area contributed by atoms with Gasteiger partial charge in [-0.05, 0) is 73.5 Å². The predicted molar refractivity (Wildman–Crippen MR) is 128 cm³/mol. The van der Waals surface area contributed by atoms with E-state index in [0.29, 0.717) is 34.3 Å². The van der Waals surface area contributed by atoms with Crippen LogP contribution in [0.4, 0.5) is 11.4 Å². The molecule has 0 radical (unpaired) electrons. The molecule has 0 bridgehead atoms. The Hall–Kier alpha value is -3.07. The summed E-state index contributed by atoms with van der Waals surface area (Å²) in [7, 11) is -3.80. The van der Waals surface area contributed by atoms with Crippen molar-refractivity contribution < 1.29 is 22.7 Å². The van der Waals surface area contributed by atoms with Crippen LogP contribution in [0.3, 0.4) is 0 Å². The summed E-state index contributed by atoms with van der Waals surface area (Å²) in [6.45, 7) is 1.23. The zero-order chi connectivity index (χ0) is 23.3. The normalized spacial score (nSPS) is 15.7. The zero-order valence-electron chi connectivity index (χ0n) is 17.7. The van der Waals surface area contributed by atoms with E-state index in [1.54, 1.807) is 42.5 Å². The molecule has 4 rings (SSSR count). The number of amides is 1. The van der Waals surface area contributed by atoms with Crippen LogP contribution in [0.2, 0.25) is 5.02 Å². The van der Waals surface area contributed by atoms with Crippen LogP contribution in [0.15, 0.2) is 77.7 Å². The van der Waals surface area contributed by atoms with Crippen LogP contribution in [0.25, 0.3) is 0 Å². The second kappa shape index (κ2) is 10.2. The van der Waals surface area contributed by atoms with Gasteiger partial charge in [-0.15, -0.1) is 0 Å². The summed E-state index contributed by atoms with van der Waals surface area (Å²) in [5.41, 5.74) is 1.29. The van der Waals surface area contributed by atoms with E-state index in [9.17, 15) is 13.2 Å². The Balaban J connectivity index is 1.38. The fraction of sp³-hybridized carbons (Fsp3) is 0.208. The molecular weight excluding hydrogens is 464 g/mol. The molecule has 1 aliphatic heterocycles. The van der Waals surface area contributed by atoms with Crippen molar-refractivity contribution in [2.75, 3.05) is 23.3 Å². The zero-order valence-corrected chi connectivity index (χ0v) is 19.2. The lowest BCUT2D eigenvalue weighted by atomic mass is 10.2. The number of benzene rings is 3. The summed E-state index contributed by atoms with van der Waals surface area (Å²) in [4.78, 5) is 12.7. The Labute approximate surface area is 197 Å². The highest BCUT2D eigenvalue weighted by molar-refractivity contribution is 7.92. The number of carbonyl (C=O) groups excluding carboxylic acids is 1. The molecule has 33 heavy (non-hydrogen) atoms. The average molecular weight is 487 g/mol. The van der Waals surface area contributed by atoms with E-state index in [1.807, 2.05) is 6.07 Å². The van der Waals surface area contributed by atoms with Crippen molar-refractivity contribution in [2.45, 2.75) is 23.8 Å². The van der Waals surface area contributed by atoms with Gasteiger partial charge in [0.2, 0.25) is 0 Å². The third-order valence-corrected chi connectivity index (χ3v) is 6.72. The largest absolute Gasteiger partial charge is 0.491 e. The van der Waals surface area contributed by atoms with E-state index >= 15 is 0 Å². The van der Waals surface area contributed by atoms with E-state index in [4.69, 9.17) is 21.1 Å². The first-order valence-corrected chi connectivity index (χ1v) is 12.3. The number of hydrogen-bond acceptors (Lipinski definition) is 5. The molecule has 172 valence electrons. The number of anilines is 2. The van der Waals surface area contributed by atoms with Crippen molar-refractivity contribution in [1.29, 1.82) is 0 Å². The van der Waals surface area contributed by atoms with Crippen LogP contribution in [0.5, 0.6) is 5.75 Å². The maximum Gasteiger partial charge on any atom is 0.261 e. The molecule has 0 aliphatic carbocycles. The van der Waals surface area contributed by atoms with Crippen LogP contribution in [-0.2, 0) is 14.8 Å². The van der Waals surface area contributed by atoms with Crippen molar-refractivity contribution in [3.05, 3.63) is 83.4 Å². The topological polar surface area (TPSA) is 93.7 Å². The Morgan fingerprint density at radius 3 is 2.48 bits per heavy atom. The number of sulfonamides is 1. The molecule has 9 heteroatoms. The van der Waals surface area contributed by atoms with Crippen LogP contribution in [0, 0.1) is 0 Å². The molecule has 1 atom stereocenters. The third kappa shape index (κ3) is 6.25. The molecule has 1 aliphatic rings. The third-order valence-electron chi connectivity index (χ3n) is 5.08. The highest BCUT2D eigenvalue weighted by Gasteiger charge is 2.17. The van der Waals surface area contributed by atoms with Crippen LogP contribution in [-0.4, -0.2) is 33.6 Å². The van der Waals surface area contributed by atoms with E-state index in [1.165, 1.54) is 24.3 Å². The Morgan fingerprint density at radius 2 is 1.79 bits per heavy atom. The Kier molecular flexibility index (Phi) is 7.17. The Bertz CT molecular complexity index is 1210. The molecule has 1 fully saturated rings. The second-order valence-corrected chi connectivity index (χ2v) is 9.68. The molecule has 3 aromatic carbocycles. The Morgan fingerprint density at radius 1 is 1.03 bits per heavy atom. The number of hydrogen-bond donors (Lipinski definition) is 2. The quantitative estimate of drug-likeness (QED) is 0.469. The van der Waals surface area contributed by atoms with E-state index in [0.717, 1.165) is 19.4 Å². The van der Waals surface area contributed by atoms with Gasteiger partial charge in [0.05, 0.1) is 11.0 Å². The maximum atomic E-state index is 12.6. The van der Waals surface area contributed by atoms with E-state index < -0.39 is 10.0 Å². The summed E-state index contributed by atoms with van der Waals surface area (Å²) in [6, 6.07) is 19.1. The minimum atomic E-state index is -3.80. The highest BCUT2D eigenvalue weighted by Crippen LogP contribution is 2.22. The van der Waals surface area contributed by atoms with Crippen molar-refractivity contribution in [3.8, 4) is 5.75 Å². The first-order chi connectivity index (χ1) is 15.9. The van der Waals surface area contributed by atoms with Gasteiger partial charge in [0.25, 0.3) is 15.9 Å². The minimum Gasteiger partial charge on any atom is -0.491 e. The van der Waals surface area contributed by atoms with Gasteiger partial charge in [-0.25, -0.2) is 8.42 Å². The lowest BCUT2D eigenvalue weighted by molar-refractivity contribution is 0.0680. The summed E-state index contributed by atoms with van der Waals surface area (Å²) in [6.07, 6.45) is 2.13. The van der Waals surface area contributed by atoms with E-state index in [2.05, 4.69) is 10.0 Å². The SMILES string of the molecule is O=C(Nc1cccc(OCC2CCCO2)c1)c1ccc(S(=O)(=O)Nc2ccc(Cl)cc2)cc1. The molecule has 7 nitrogen and oxygen atoms in total. The predicted octanol–water partition coefficient (Wildman–Crippen LogP) is 4.95. The molecule has 1 amide bonds. The van der Waals surface area contributed by atoms with Crippen LogP contribution < -0.4 is 14.8 Å². The number of rotatable bonds is 8. The minimum absolute atomic E-state index is 0.0403. The molecule has 1 unspecified atom stereocenters. The van der Waals surface area contributed by atoms with Crippen LogP contribution in [0.1, 0.15) is 23.2 Å².